The zero-order valence-corrected chi connectivity index (χ0v) is 12.4. The molecular formula is C16H15N3O4. The second kappa shape index (κ2) is 6.45. The lowest BCUT2D eigenvalue weighted by Crippen LogP contribution is -2.28. The van der Waals surface area contributed by atoms with Gasteiger partial charge in [-0.1, -0.05) is 0 Å². The first-order valence-electron chi connectivity index (χ1n) is 7.03. The summed E-state index contributed by atoms with van der Waals surface area (Å²) in [4.78, 5) is 12.1. The number of amides is 1. The third kappa shape index (κ3) is 3.46. The Labute approximate surface area is 132 Å². The van der Waals surface area contributed by atoms with Crippen LogP contribution >= 0.6 is 0 Å². The van der Waals surface area contributed by atoms with Gasteiger partial charge in [-0.05, 0) is 36.4 Å². The number of aromatic nitrogens is 2. The van der Waals surface area contributed by atoms with Gasteiger partial charge in [0, 0.05) is 18.1 Å². The van der Waals surface area contributed by atoms with Gasteiger partial charge in [-0.25, -0.2) is 0 Å². The number of nitrogens with zero attached hydrogens (tertiary/aromatic N) is 2. The first-order valence-corrected chi connectivity index (χ1v) is 7.03. The van der Waals surface area contributed by atoms with Gasteiger partial charge < -0.3 is 19.3 Å². The van der Waals surface area contributed by atoms with Crippen molar-refractivity contribution >= 4 is 5.91 Å². The fourth-order valence-electron chi connectivity index (χ4n) is 2.05. The van der Waals surface area contributed by atoms with Gasteiger partial charge in [-0.3, -0.25) is 4.79 Å². The minimum Gasteiger partial charge on any atom is -0.467 e. The fraction of sp³-hybridized carbons (Fsp3) is 0.188. The molecule has 2 N–H and O–H groups in total. The molecule has 1 amide bonds. The lowest BCUT2D eigenvalue weighted by atomic mass is 10.1. The van der Waals surface area contributed by atoms with Crippen molar-refractivity contribution in [3.63, 3.8) is 0 Å². The van der Waals surface area contributed by atoms with E-state index in [4.69, 9.17) is 8.83 Å². The molecule has 7 heteroatoms. The van der Waals surface area contributed by atoms with Crippen LogP contribution in [0.2, 0.25) is 0 Å². The van der Waals surface area contributed by atoms with Gasteiger partial charge in [0.2, 0.25) is 11.8 Å². The number of carbonyl (C=O) groups is 1. The third-order valence-electron chi connectivity index (χ3n) is 3.25. The minimum atomic E-state index is -0.880. The smallest absolute Gasteiger partial charge is 0.251 e. The van der Waals surface area contributed by atoms with Crippen LogP contribution in [0, 0.1) is 6.92 Å². The first kappa shape index (κ1) is 15.0. The molecule has 0 aliphatic rings. The highest BCUT2D eigenvalue weighted by atomic mass is 16.4. The predicted molar refractivity (Wildman–Crippen MR) is 80.5 cm³/mol. The van der Waals surface area contributed by atoms with E-state index in [1.807, 2.05) is 0 Å². The van der Waals surface area contributed by atoms with Crippen LogP contribution in [0.4, 0.5) is 0 Å². The van der Waals surface area contributed by atoms with Crippen LogP contribution in [0.15, 0.2) is 51.5 Å². The van der Waals surface area contributed by atoms with Crippen molar-refractivity contribution in [2.45, 2.75) is 13.0 Å². The van der Waals surface area contributed by atoms with Gasteiger partial charge in [-0.2, -0.15) is 0 Å². The van der Waals surface area contributed by atoms with E-state index in [0.717, 1.165) is 5.56 Å². The Bertz CT molecular complexity index is 778. The number of hydrogen-bond acceptors (Lipinski definition) is 6. The number of carbonyl (C=O) groups excluding carboxylic acids is 1. The lowest BCUT2D eigenvalue weighted by molar-refractivity contribution is 0.0901. The molecule has 1 aromatic carbocycles. The molecule has 0 saturated carbocycles. The van der Waals surface area contributed by atoms with Crippen LogP contribution in [0.5, 0.6) is 0 Å². The van der Waals surface area contributed by atoms with Crippen molar-refractivity contribution < 1.29 is 18.7 Å². The molecule has 3 aromatic rings. The molecule has 0 aliphatic heterocycles. The van der Waals surface area contributed by atoms with Crippen molar-refractivity contribution in [1.29, 1.82) is 0 Å². The molecule has 2 aromatic heterocycles. The zero-order valence-electron chi connectivity index (χ0n) is 12.4. The Morgan fingerprint density at radius 1 is 1.26 bits per heavy atom. The molecule has 0 saturated heterocycles. The molecular weight excluding hydrogens is 298 g/mol. The van der Waals surface area contributed by atoms with Crippen LogP contribution in [-0.4, -0.2) is 27.8 Å². The van der Waals surface area contributed by atoms with Gasteiger partial charge >= 0.3 is 0 Å². The van der Waals surface area contributed by atoms with Crippen molar-refractivity contribution in [3.8, 4) is 11.5 Å². The first-order chi connectivity index (χ1) is 11.1. The van der Waals surface area contributed by atoms with Gasteiger partial charge in [0.05, 0.1) is 12.8 Å². The number of furan rings is 1. The maximum Gasteiger partial charge on any atom is 0.251 e. The maximum atomic E-state index is 12.1. The molecule has 0 fully saturated rings. The lowest BCUT2D eigenvalue weighted by Gasteiger charge is -2.09. The van der Waals surface area contributed by atoms with Crippen molar-refractivity contribution in [2.24, 2.45) is 0 Å². The van der Waals surface area contributed by atoms with Gasteiger partial charge in [0.15, 0.2) is 0 Å². The Hall–Kier alpha value is -2.93. The zero-order chi connectivity index (χ0) is 16.2. The summed E-state index contributed by atoms with van der Waals surface area (Å²) in [6.45, 7) is 1.78. The number of rotatable bonds is 5. The average Bonchev–Trinajstić information content (AvgIpc) is 3.24. The number of hydrogen-bond donors (Lipinski definition) is 2. The average molecular weight is 313 g/mol. The highest BCUT2D eigenvalue weighted by Gasteiger charge is 2.13. The highest BCUT2D eigenvalue weighted by Crippen LogP contribution is 2.18. The third-order valence-corrected chi connectivity index (χ3v) is 3.25. The van der Waals surface area contributed by atoms with Crippen LogP contribution in [-0.2, 0) is 0 Å². The molecule has 0 aliphatic carbocycles. The van der Waals surface area contributed by atoms with E-state index in [2.05, 4.69) is 15.5 Å². The van der Waals surface area contributed by atoms with Crippen LogP contribution in [0.3, 0.4) is 0 Å². The molecule has 7 nitrogen and oxygen atoms in total. The van der Waals surface area contributed by atoms with E-state index in [0.29, 0.717) is 23.1 Å². The Kier molecular flexibility index (Phi) is 4.20. The molecule has 118 valence electrons. The summed E-state index contributed by atoms with van der Waals surface area (Å²) >= 11 is 0. The number of aryl methyl sites for hydroxylation is 1. The monoisotopic (exact) mass is 313 g/mol. The SMILES string of the molecule is Cc1nnc(-c2ccc(C(=O)NCC(O)c3ccco3)cc2)o1. The van der Waals surface area contributed by atoms with E-state index in [1.54, 1.807) is 43.3 Å². The number of benzene rings is 1. The van der Waals surface area contributed by atoms with E-state index in [9.17, 15) is 9.90 Å². The van der Waals surface area contributed by atoms with Crippen LogP contribution in [0.25, 0.3) is 11.5 Å². The maximum absolute atomic E-state index is 12.1. The molecule has 0 radical (unpaired) electrons. The van der Waals surface area contributed by atoms with E-state index in [1.165, 1.54) is 6.26 Å². The Morgan fingerprint density at radius 3 is 2.65 bits per heavy atom. The summed E-state index contributed by atoms with van der Waals surface area (Å²) < 4.78 is 10.4. The largest absolute Gasteiger partial charge is 0.467 e. The summed E-state index contributed by atoms with van der Waals surface area (Å²) in [5.74, 6) is 1.01. The highest BCUT2D eigenvalue weighted by molar-refractivity contribution is 5.94. The quantitative estimate of drug-likeness (QED) is 0.748. The molecule has 1 atom stereocenters. The molecule has 23 heavy (non-hydrogen) atoms. The van der Waals surface area contributed by atoms with E-state index in [-0.39, 0.29) is 12.5 Å². The Balaban J connectivity index is 1.61. The second-order valence-corrected chi connectivity index (χ2v) is 4.94. The summed E-state index contributed by atoms with van der Waals surface area (Å²) in [7, 11) is 0. The fourth-order valence-corrected chi connectivity index (χ4v) is 2.05. The van der Waals surface area contributed by atoms with Crippen LogP contribution < -0.4 is 5.32 Å². The minimum absolute atomic E-state index is 0.0664. The van der Waals surface area contributed by atoms with E-state index < -0.39 is 6.10 Å². The van der Waals surface area contributed by atoms with Gasteiger partial charge in [0.1, 0.15) is 11.9 Å². The molecule has 1 unspecified atom stereocenters. The molecule has 0 bridgehead atoms. The summed E-state index contributed by atoms with van der Waals surface area (Å²) in [5.41, 5.74) is 1.20. The van der Waals surface area contributed by atoms with E-state index >= 15 is 0 Å². The molecule has 3 rings (SSSR count). The summed E-state index contributed by atoms with van der Waals surface area (Å²) in [5, 5.41) is 20.2. The predicted octanol–water partition coefficient (Wildman–Crippen LogP) is 2.10. The number of aliphatic hydroxyl groups excluding tert-OH is 1. The Morgan fingerprint density at radius 2 is 2.04 bits per heavy atom. The standard InChI is InChI=1S/C16H15N3O4/c1-10-18-19-16(23-10)12-6-4-11(5-7-12)15(21)17-9-13(20)14-3-2-8-22-14/h2-8,13,20H,9H2,1H3,(H,17,21). The van der Waals surface area contributed by atoms with Gasteiger partial charge in [-0.15, -0.1) is 10.2 Å². The van der Waals surface area contributed by atoms with Crippen molar-refractivity contribution in [3.05, 3.63) is 59.9 Å². The second-order valence-electron chi connectivity index (χ2n) is 4.94. The number of nitrogens with one attached hydrogen (secondary N) is 1. The van der Waals surface area contributed by atoms with Crippen molar-refractivity contribution in [1.82, 2.24) is 15.5 Å². The van der Waals surface area contributed by atoms with Gasteiger partial charge in [0.25, 0.3) is 5.91 Å². The van der Waals surface area contributed by atoms with Crippen molar-refractivity contribution in [2.75, 3.05) is 6.54 Å². The summed E-state index contributed by atoms with van der Waals surface area (Å²) in [6, 6.07) is 10.1. The normalized spacial score (nSPS) is 12.1. The molecule has 0 spiro atoms. The summed E-state index contributed by atoms with van der Waals surface area (Å²) in [6.07, 6.45) is 0.591. The molecule has 2 heterocycles. The van der Waals surface area contributed by atoms with Crippen LogP contribution in [0.1, 0.15) is 28.1 Å². The number of aliphatic hydroxyl groups is 1. The topological polar surface area (TPSA) is 101 Å².